The summed E-state index contributed by atoms with van der Waals surface area (Å²) in [5, 5.41) is 3.33. The SMILES string of the molecule is CCOc1cc(F)c2nc(NC(=O)C3CCCN(CCN(C)C)C3)sc2c1. The first kappa shape index (κ1) is 20.0. The zero-order chi connectivity index (χ0) is 19.4. The Kier molecular flexibility index (Phi) is 6.62. The maximum Gasteiger partial charge on any atom is 0.230 e. The Morgan fingerprint density at radius 1 is 1.48 bits per heavy atom. The second-order valence-corrected chi connectivity index (χ2v) is 8.17. The number of benzene rings is 1. The number of hydrogen-bond donors (Lipinski definition) is 1. The molecule has 1 amide bonds. The predicted octanol–water partition coefficient (Wildman–Crippen LogP) is 3.05. The average molecular weight is 395 g/mol. The summed E-state index contributed by atoms with van der Waals surface area (Å²) in [6.45, 7) is 6.06. The lowest BCUT2D eigenvalue weighted by molar-refractivity contribution is -0.121. The molecule has 1 saturated heterocycles. The Labute approximate surface area is 163 Å². The van der Waals surface area contributed by atoms with Gasteiger partial charge in [0.2, 0.25) is 5.91 Å². The summed E-state index contributed by atoms with van der Waals surface area (Å²) < 4.78 is 20.3. The second-order valence-electron chi connectivity index (χ2n) is 7.14. The molecule has 1 aliphatic rings. The molecule has 0 radical (unpaired) electrons. The number of carbonyl (C=O) groups is 1. The summed E-state index contributed by atoms with van der Waals surface area (Å²) in [5.74, 6) is -0.0427. The molecule has 0 saturated carbocycles. The third-order valence-electron chi connectivity index (χ3n) is 4.70. The number of piperidine rings is 1. The Morgan fingerprint density at radius 3 is 3.04 bits per heavy atom. The van der Waals surface area contributed by atoms with E-state index in [0.717, 1.165) is 39.0 Å². The van der Waals surface area contributed by atoms with Crippen LogP contribution < -0.4 is 10.1 Å². The van der Waals surface area contributed by atoms with Crippen LogP contribution in [0.25, 0.3) is 10.2 Å². The zero-order valence-electron chi connectivity index (χ0n) is 16.1. The van der Waals surface area contributed by atoms with Crippen LogP contribution in [0.3, 0.4) is 0 Å². The molecule has 1 unspecified atom stereocenters. The van der Waals surface area contributed by atoms with Crippen LogP contribution in [0.4, 0.5) is 9.52 Å². The lowest BCUT2D eigenvalue weighted by atomic mass is 9.97. The van der Waals surface area contributed by atoms with E-state index in [0.29, 0.717) is 22.2 Å². The summed E-state index contributed by atoms with van der Waals surface area (Å²) in [7, 11) is 4.11. The smallest absolute Gasteiger partial charge is 0.230 e. The zero-order valence-corrected chi connectivity index (χ0v) is 16.9. The van der Waals surface area contributed by atoms with Crippen LogP contribution in [0, 0.1) is 11.7 Å². The molecule has 1 aromatic carbocycles. The highest BCUT2D eigenvalue weighted by molar-refractivity contribution is 7.22. The Hall–Kier alpha value is -1.77. The lowest BCUT2D eigenvalue weighted by Crippen LogP contribution is -2.43. The second kappa shape index (κ2) is 8.95. The van der Waals surface area contributed by atoms with Crippen LogP contribution in [-0.2, 0) is 4.79 Å². The number of halogens is 1. The van der Waals surface area contributed by atoms with Gasteiger partial charge in [-0.1, -0.05) is 11.3 Å². The summed E-state index contributed by atoms with van der Waals surface area (Å²) in [4.78, 5) is 21.4. The molecule has 8 heteroatoms. The molecule has 27 heavy (non-hydrogen) atoms. The van der Waals surface area contributed by atoms with Gasteiger partial charge in [-0.15, -0.1) is 0 Å². The minimum Gasteiger partial charge on any atom is -0.494 e. The molecule has 1 aliphatic heterocycles. The molecule has 1 fully saturated rings. The third kappa shape index (κ3) is 5.15. The van der Waals surface area contributed by atoms with Crippen molar-refractivity contribution in [1.29, 1.82) is 0 Å². The number of likely N-dealkylation sites (tertiary alicyclic amines) is 1. The highest BCUT2D eigenvalue weighted by atomic mass is 32.1. The summed E-state index contributed by atoms with van der Waals surface area (Å²) >= 11 is 1.28. The van der Waals surface area contributed by atoms with Crippen molar-refractivity contribution in [3.8, 4) is 5.75 Å². The van der Waals surface area contributed by atoms with Crippen LogP contribution in [0.1, 0.15) is 19.8 Å². The number of nitrogens with zero attached hydrogens (tertiary/aromatic N) is 3. The molecule has 1 atom stereocenters. The predicted molar refractivity (Wildman–Crippen MR) is 107 cm³/mol. The molecule has 148 valence electrons. The molecule has 1 N–H and O–H groups in total. The number of thiazole rings is 1. The van der Waals surface area contributed by atoms with E-state index in [2.05, 4.69) is 34.2 Å². The number of fused-ring (bicyclic) bond motifs is 1. The largest absolute Gasteiger partial charge is 0.494 e. The fourth-order valence-corrected chi connectivity index (χ4v) is 4.20. The van der Waals surface area contributed by atoms with E-state index >= 15 is 0 Å². The van der Waals surface area contributed by atoms with Crippen molar-refractivity contribution in [3.05, 3.63) is 17.9 Å². The molecule has 0 aliphatic carbocycles. The number of nitrogens with one attached hydrogen (secondary N) is 1. The maximum absolute atomic E-state index is 14.2. The van der Waals surface area contributed by atoms with Gasteiger partial charge in [-0.05, 0) is 46.5 Å². The van der Waals surface area contributed by atoms with E-state index in [1.165, 1.54) is 17.4 Å². The lowest BCUT2D eigenvalue weighted by Gasteiger charge is -2.32. The quantitative estimate of drug-likeness (QED) is 0.782. The van der Waals surface area contributed by atoms with Crippen molar-refractivity contribution in [2.45, 2.75) is 19.8 Å². The number of carbonyl (C=O) groups excluding carboxylic acids is 1. The van der Waals surface area contributed by atoms with Crippen LogP contribution in [-0.4, -0.2) is 67.6 Å². The number of amides is 1. The normalized spacial score (nSPS) is 18.2. The number of hydrogen-bond acceptors (Lipinski definition) is 6. The van der Waals surface area contributed by atoms with Crippen molar-refractivity contribution in [3.63, 3.8) is 0 Å². The fourth-order valence-electron chi connectivity index (χ4n) is 3.29. The van der Waals surface area contributed by atoms with Gasteiger partial charge in [0.1, 0.15) is 11.3 Å². The van der Waals surface area contributed by atoms with Gasteiger partial charge in [0.15, 0.2) is 10.9 Å². The van der Waals surface area contributed by atoms with E-state index in [-0.39, 0.29) is 17.3 Å². The van der Waals surface area contributed by atoms with Gasteiger partial charge < -0.3 is 19.9 Å². The van der Waals surface area contributed by atoms with Gasteiger partial charge in [-0.2, -0.15) is 0 Å². The molecule has 2 heterocycles. The van der Waals surface area contributed by atoms with Crippen LogP contribution in [0.5, 0.6) is 5.75 Å². The van der Waals surface area contributed by atoms with Gasteiger partial charge in [-0.3, -0.25) is 4.79 Å². The third-order valence-corrected chi connectivity index (χ3v) is 5.62. The van der Waals surface area contributed by atoms with E-state index in [9.17, 15) is 9.18 Å². The van der Waals surface area contributed by atoms with Crippen molar-refractivity contribution in [1.82, 2.24) is 14.8 Å². The molecular weight excluding hydrogens is 367 g/mol. The number of ether oxygens (including phenoxy) is 1. The van der Waals surface area contributed by atoms with E-state index in [1.54, 1.807) is 6.07 Å². The summed E-state index contributed by atoms with van der Waals surface area (Å²) in [6.07, 6.45) is 1.88. The van der Waals surface area contributed by atoms with Crippen LogP contribution in [0.15, 0.2) is 12.1 Å². The van der Waals surface area contributed by atoms with Gasteiger partial charge in [0.25, 0.3) is 0 Å². The summed E-state index contributed by atoms with van der Waals surface area (Å²) in [6, 6.07) is 3.10. The molecule has 6 nitrogen and oxygen atoms in total. The van der Waals surface area contributed by atoms with E-state index in [1.807, 2.05) is 6.92 Å². The number of likely N-dealkylation sites (N-methyl/N-ethyl adjacent to an activating group) is 1. The Morgan fingerprint density at radius 2 is 2.30 bits per heavy atom. The minimum absolute atomic E-state index is 0.0333. The van der Waals surface area contributed by atoms with Crippen LogP contribution >= 0.6 is 11.3 Å². The van der Waals surface area contributed by atoms with Gasteiger partial charge in [-0.25, -0.2) is 9.37 Å². The van der Waals surface area contributed by atoms with Crippen molar-refractivity contribution in [2.24, 2.45) is 5.92 Å². The van der Waals surface area contributed by atoms with Gasteiger partial charge in [0.05, 0.1) is 17.2 Å². The summed E-state index contributed by atoms with van der Waals surface area (Å²) in [5.41, 5.74) is 0.273. The molecule has 3 rings (SSSR count). The monoisotopic (exact) mass is 394 g/mol. The minimum atomic E-state index is -0.430. The number of anilines is 1. The maximum atomic E-state index is 14.2. The van der Waals surface area contributed by atoms with E-state index < -0.39 is 5.82 Å². The Balaban J connectivity index is 1.65. The number of rotatable bonds is 7. The first-order valence-electron chi connectivity index (χ1n) is 9.37. The van der Waals surface area contributed by atoms with Gasteiger partial charge >= 0.3 is 0 Å². The highest BCUT2D eigenvalue weighted by Gasteiger charge is 2.26. The topological polar surface area (TPSA) is 57.7 Å². The molecule has 2 aromatic rings. The molecule has 0 bridgehead atoms. The van der Waals surface area contributed by atoms with Crippen molar-refractivity contribution < 1.29 is 13.9 Å². The highest BCUT2D eigenvalue weighted by Crippen LogP contribution is 2.32. The average Bonchev–Trinajstić information content (AvgIpc) is 3.03. The molecule has 1 aromatic heterocycles. The molecular formula is C19H27FN4O2S. The first-order chi connectivity index (χ1) is 13.0. The molecule has 0 spiro atoms. The number of aromatic nitrogens is 1. The van der Waals surface area contributed by atoms with E-state index in [4.69, 9.17) is 4.74 Å². The van der Waals surface area contributed by atoms with Crippen LogP contribution in [0.2, 0.25) is 0 Å². The van der Waals surface area contributed by atoms with Crippen molar-refractivity contribution in [2.75, 3.05) is 52.2 Å². The first-order valence-corrected chi connectivity index (χ1v) is 10.2. The standard InChI is InChI=1S/C19H27FN4O2S/c1-4-26-14-10-15(20)17-16(11-14)27-19(21-17)22-18(25)13-6-5-7-24(12-13)9-8-23(2)3/h10-11,13H,4-9,12H2,1-3H3,(H,21,22,25). The Bertz CT molecular complexity index is 795. The van der Waals surface area contributed by atoms with Gasteiger partial charge in [0, 0.05) is 25.7 Å². The fraction of sp³-hybridized carbons (Fsp3) is 0.579. The van der Waals surface area contributed by atoms with Crippen molar-refractivity contribution >= 4 is 32.6 Å².